The van der Waals surface area contributed by atoms with Gasteiger partial charge in [0.05, 0.1) is 18.7 Å². The van der Waals surface area contributed by atoms with E-state index in [1.54, 1.807) is 25.1 Å². The maximum absolute atomic E-state index is 13.0. The van der Waals surface area contributed by atoms with Gasteiger partial charge in [-0.15, -0.1) is 12.4 Å². The molecule has 1 aromatic carbocycles. The van der Waals surface area contributed by atoms with E-state index in [9.17, 15) is 9.18 Å². The molecule has 0 aliphatic rings. The number of rotatable bonds is 6. The summed E-state index contributed by atoms with van der Waals surface area (Å²) in [6.45, 7) is 2.32. The lowest BCUT2D eigenvalue weighted by atomic mass is 10.2. The molecule has 0 bridgehead atoms. The lowest BCUT2D eigenvalue weighted by Gasteiger charge is -2.15. The van der Waals surface area contributed by atoms with E-state index in [0.29, 0.717) is 23.6 Å². The zero-order valence-corrected chi connectivity index (χ0v) is 12.9. The molecule has 1 aromatic heterocycles. The van der Waals surface area contributed by atoms with Crippen LogP contribution in [0.2, 0.25) is 0 Å². The molecule has 0 aliphatic carbocycles. The fourth-order valence-corrected chi connectivity index (χ4v) is 1.76. The molecular weight excluding hydrogens is 311 g/mol. The molecule has 2 rings (SSSR count). The van der Waals surface area contributed by atoms with Gasteiger partial charge >= 0.3 is 0 Å². The minimum atomic E-state index is -0.364. The Morgan fingerprint density at radius 1 is 1.45 bits per heavy atom. The number of amides is 1. The molecule has 120 valence electrons. The number of nitrogens with two attached hydrogens (primary N) is 1. The summed E-state index contributed by atoms with van der Waals surface area (Å²) in [5.41, 5.74) is 5.82. The van der Waals surface area contributed by atoms with Crippen molar-refractivity contribution in [2.24, 2.45) is 5.73 Å². The van der Waals surface area contributed by atoms with Gasteiger partial charge in [0.25, 0.3) is 5.91 Å². The van der Waals surface area contributed by atoms with Crippen molar-refractivity contribution in [1.82, 2.24) is 5.32 Å². The number of hydrogen-bond acceptors (Lipinski definition) is 4. The van der Waals surface area contributed by atoms with Crippen LogP contribution in [0.4, 0.5) is 4.39 Å². The molecular formula is C15H18ClFN2O3. The van der Waals surface area contributed by atoms with E-state index in [4.69, 9.17) is 14.9 Å². The van der Waals surface area contributed by atoms with Gasteiger partial charge in [0.15, 0.2) is 0 Å². The predicted molar refractivity (Wildman–Crippen MR) is 82.7 cm³/mol. The Balaban J connectivity index is 0.00000242. The van der Waals surface area contributed by atoms with Crippen LogP contribution in [0, 0.1) is 5.82 Å². The number of benzene rings is 1. The third-order valence-corrected chi connectivity index (χ3v) is 2.80. The van der Waals surface area contributed by atoms with Gasteiger partial charge in [-0.25, -0.2) is 4.39 Å². The standard InChI is InChI=1S/C15H17FN2O3.ClH/c1-10(21-13-4-2-3-12(16)6-13)8-18-15(19)11-5-14(7-17)20-9-11;/h2-6,9-10H,7-8,17H2,1H3,(H,18,19);1H. The summed E-state index contributed by atoms with van der Waals surface area (Å²) in [4.78, 5) is 11.9. The molecule has 0 spiro atoms. The van der Waals surface area contributed by atoms with Crippen molar-refractivity contribution in [3.63, 3.8) is 0 Å². The van der Waals surface area contributed by atoms with Crippen molar-refractivity contribution in [1.29, 1.82) is 0 Å². The first-order chi connectivity index (χ1) is 10.1. The van der Waals surface area contributed by atoms with Crippen LogP contribution in [0.5, 0.6) is 5.75 Å². The molecule has 0 fully saturated rings. The average Bonchev–Trinajstić information content (AvgIpc) is 2.94. The molecule has 1 atom stereocenters. The average molecular weight is 329 g/mol. The molecule has 0 saturated heterocycles. The molecule has 0 saturated carbocycles. The number of carbonyl (C=O) groups is 1. The van der Waals surface area contributed by atoms with E-state index in [-0.39, 0.29) is 36.8 Å². The topological polar surface area (TPSA) is 77.5 Å². The number of nitrogens with one attached hydrogen (secondary N) is 1. The summed E-state index contributed by atoms with van der Waals surface area (Å²) in [5, 5.41) is 2.71. The molecule has 1 heterocycles. The lowest BCUT2D eigenvalue weighted by Crippen LogP contribution is -2.33. The molecule has 3 N–H and O–H groups in total. The van der Waals surface area contributed by atoms with Crippen LogP contribution in [0.3, 0.4) is 0 Å². The van der Waals surface area contributed by atoms with Gasteiger partial charge in [-0.2, -0.15) is 0 Å². The summed E-state index contributed by atoms with van der Waals surface area (Å²) in [6.07, 6.45) is 1.06. The minimum absolute atomic E-state index is 0. The first kappa shape index (κ1) is 18.0. The largest absolute Gasteiger partial charge is 0.489 e. The van der Waals surface area contributed by atoms with Crippen LogP contribution >= 0.6 is 12.4 Å². The number of halogens is 2. The number of ether oxygens (including phenoxy) is 1. The molecule has 22 heavy (non-hydrogen) atoms. The lowest BCUT2D eigenvalue weighted by molar-refractivity contribution is 0.0931. The Labute approximate surface area is 134 Å². The van der Waals surface area contributed by atoms with Crippen molar-refractivity contribution in [2.75, 3.05) is 6.54 Å². The monoisotopic (exact) mass is 328 g/mol. The van der Waals surface area contributed by atoms with E-state index >= 15 is 0 Å². The second kappa shape index (κ2) is 8.41. The Hall–Kier alpha value is -2.05. The molecule has 2 aromatic rings. The van der Waals surface area contributed by atoms with Gasteiger partial charge in [0, 0.05) is 6.07 Å². The van der Waals surface area contributed by atoms with E-state index in [2.05, 4.69) is 5.32 Å². The van der Waals surface area contributed by atoms with Crippen LogP contribution in [-0.2, 0) is 6.54 Å². The van der Waals surface area contributed by atoms with Gasteiger partial charge in [-0.3, -0.25) is 4.79 Å². The van der Waals surface area contributed by atoms with Crippen LogP contribution in [0.1, 0.15) is 23.0 Å². The predicted octanol–water partition coefficient (Wildman–Crippen LogP) is 2.50. The van der Waals surface area contributed by atoms with E-state index in [1.165, 1.54) is 18.4 Å². The fraction of sp³-hybridized carbons (Fsp3) is 0.267. The SMILES string of the molecule is CC(CNC(=O)c1coc(CN)c1)Oc1cccc(F)c1.Cl. The highest BCUT2D eigenvalue weighted by Gasteiger charge is 2.11. The fourth-order valence-electron chi connectivity index (χ4n) is 1.76. The molecule has 0 aliphatic heterocycles. The minimum Gasteiger partial charge on any atom is -0.489 e. The second-order valence-corrected chi connectivity index (χ2v) is 4.60. The first-order valence-corrected chi connectivity index (χ1v) is 6.56. The normalized spacial score (nSPS) is 11.4. The van der Waals surface area contributed by atoms with Gasteiger partial charge in [-0.05, 0) is 25.1 Å². The Morgan fingerprint density at radius 2 is 2.23 bits per heavy atom. The number of furan rings is 1. The molecule has 5 nitrogen and oxygen atoms in total. The third-order valence-electron chi connectivity index (χ3n) is 2.80. The Morgan fingerprint density at radius 3 is 2.86 bits per heavy atom. The van der Waals surface area contributed by atoms with Crippen molar-refractivity contribution < 1.29 is 18.3 Å². The Kier molecular flexibility index (Phi) is 6.88. The number of carbonyl (C=O) groups excluding carboxylic acids is 1. The van der Waals surface area contributed by atoms with Gasteiger partial charge < -0.3 is 20.2 Å². The summed E-state index contributed by atoms with van der Waals surface area (Å²) in [5.74, 6) is 0.333. The first-order valence-electron chi connectivity index (χ1n) is 6.56. The number of hydrogen-bond donors (Lipinski definition) is 2. The van der Waals surface area contributed by atoms with Crippen LogP contribution in [-0.4, -0.2) is 18.6 Å². The maximum atomic E-state index is 13.0. The van der Waals surface area contributed by atoms with Crippen molar-refractivity contribution in [2.45, 2.75) is 19.6 Å². The molecule has 1 unspecified atom stereocenters. The molecule has 1 amide bonds. The van der Waals surface area contributed by atoms with Gasteiger partial charge in [-0.1, -0.05) is 6.07 Å². The highest BCUT2D eigenvalue weighted by molar-refractivity contribution is 5.93. The van der Waals surface area contributed by atoms with Crippen LogP contribution in [0.25, 0.3) is 0 Å². The summed E-state index contributed by atoms with van der Waals surface area (Å²) >= 11 is 0. The third kappa shape index (κ3) is 5.05. The van der Waals surface area contributed by atoms with Gasteiger partial charge in [0.1, 0.15) is 29.7 Å². The van der Waals surface area contributed by atoms with E-state index in [0.717, 1.165) is 0 Å². The van der Waals surface area contributed by atoms with E-state index < -0.39 is 0 Å². The Bertz CT molecular complexity index is 618. The molecule has 7 heteroatoms. The maximum Gasteiger partial charge on any atom is 0.254 e. The summed E-state index contributed by atoms with van der Waals surface area (Å²) in [7, 11) is 0. The van der Waals surface area contributed by atoms with Crippen molar-refractivity contribution in [3.05, 3.63) is 53.7 Å². The zero-order valence-electron chi connectivity index (χ0n) is 12.0. The second-order valence-electron chi connectivity index (χ2n) is 4.60. The van der Waals surface area contributed by atoms with Crippen LogP contribution < -0.4 is 15.8 Å². The van der Waals surface area contributed by atoms with Crippen LogP contribution in [0.15, 0.2) is 41.0 Å². The zero-order chi connectivity index (χ0) is 15.2. The van der Waals surface area contributed by atoms with Gasteiger partial charge in [0.2, 0.25) is 0 Å². The summed E-state index contributed by atoms with van der Waals surface area (Å²) < 4.78 is 23.6. The highest BCUT2D eigenvalue weighted by atomic mass is 35.5. The summed E-state index contributed by atoms with van der Waals surface area (Å²) in [6, 6.07) is 7.45. The highest BCUT2D eigenvalue weighted by Crippen LogP contribution is 2.13. The molecule has 0 radical (unpaired) electrons. The van der Waals surface area contributed by atoms with Crippen molar-refractivity contribution >= 4 is 18.3 Å². The smallest absolute Gasteiger partial charge is 0.254 e. The van der Waals surface area contributed by atoms with E-state index in [1.807, 2.05) is 0 Å². The quantitative estimate of drug-likeness (QED) is 0.854. The van der Waals surface area contributed by atoms with Crippen molar-refractivity contribution in [3.8, 4) is 5.75 Å².